The van der Waals surface area contributed by atoms with Gasteiger partial charge < -0.3 is 16.0 Å². The van der Waals surface area contributed by atoms with E-state index in [4.69, 9.17) is 10.7 Å². The molecule has 1 aliphatic carbocycles. The van der Waals surface area contributed by atoms with Crippen molar-refractivity contribution in [2.24, 2.45) is 5.73 Å². The molecule has 2 unspecified atom stereocenters. The number of carbonyl (C=O) groups is 1. The molecule has 5 heteroatoms. The number of nitrogens with one attached hydrogen (secondary N) is 2. The molecule has 1 aliphatic rings. The molecule has 22 heavy (non-hydrogen) atoms. The molecule has 4 N–H and O–H groups in total. The van der Waals surface area contributed by atoms with Gasteiger partial charge in [-0.15, -0.1) is 0 Å². The summed E-state index contributed by atoms with van der Waals surface area (Å²) in [4.78, 5) is 19.9. The van der Waals surface area contributed by atoms with E-state index in [0.29, 0.717) is 12.5 Å². The van der Waals surface area contributed by atoms with Crippen LogP contribution in [0.5, 0.6) is 0 Å². The SMILES string of the molecule is NC/C=C/C(=O)NC1CCCC(c2nc3ccccc3[nH]2)C1. The van der Waals surface area contributed by atoms with Crippen molar-refractivity contribution in [3.05, 3.63) is 42.2 Å². The van der Waals surface area contributed by atoms with E-state index in [1.165, 1.54) is 6.08 Å². The minimum Gasteiger partial charge on any atom is -0.350 e. The topological polar surface area (TPSA) is 83.8 Å². The molecule has 1 heterocycles. The van der Waals surface area contributed by atoms with E-state index < -0.39 is 0 Å². The Morgan fingerprint density at radius 2 is 2.27 bits per heavy atom. The number of nitrogens with two attached hydrogens (primary N) is 1. The van der Waals surface area contributed by atoms with Crippen molar-refractivity contribution >= 4 is 16.9 Å². The van der Waals surface area contributed by atoms with Gasteiger partial charge in [-0.05, 0) is 31.4 Å². The number of para-hydroxylation sites is 2. The Morgan fingerprint density at radius 1 is 1.41 bits per heavy atom. The van der Waals surface area contributed by atoms with Gasteiger partial charge in [-0.25, -0.2) is 4.98 Å². The molecule has 0 saturated heterocycles. The molecule has 0 spiro atoms. The smallest absolute Gasteiger partial charge is 0.243 e. The largest absolute Gasteiger partial charge is 0.350 e. The molecule has 5 nitrogen and oxygen atoms in total. The van der Waals surface area contributed by atoms with Crippen LogP contribution in [0.3, 0.4) is 0 Å². The fraction of sp³-hybridized carbons (Fsp3) is 0.412. The number of carbonyl (C=O) groups excluding carboxylic acids is 1. The zero-order valence-corrected chi connectivity index (χ0v) is 12.6. The number of rotatable bonds is 4. The van der Waals surface area contributed by atoms with Crippen LogP contribution in [0.4, 0.5) is 0 Å². The minimum absolute atomic E-state index is 0.0549. The Hall–Kier alpha value is -2.14. The zero-order valence-electron chi connectivity index (χ0n) is 12.6. The first-order valence-electron chi connectivity index (χ1n) is 7.88. The lowest BCUT2D eigenvalue weighted by atomic mass is 9.85. The maximum absolute atomic E-state index is 11.8. The van der Waals surface area contributed by atoms with Gasteiger partial charge in [0.05, 0.1) is 11.0 Å². The summed E-state index contributed by atoms with van der Waals surface area (Å²) in [7, 11) is 0. The van der Waals surface area contributed by atoms with Crippen LogP contribution in [-0.2, 0) is 4.79 Å². The number of H-pyrrole nitrogens is 1. The number of amides is 1. The van der Waals surface area contributed by atoms with Crippen molar-refractivity contribution in [1.29, 1.82) is 0 Å². The van der Waals surface area contributed by atoms with Crippen molar-refractivity contribution in [1.82, 2.24) is 15.3 Å². The third-order valence-electron chi connectivity index (χ3n) is 4.22. The molecule has 1 saturated carbocycles. The van der Waals surface area contributed by atoms with Crippen LogP contribution in [-0.4, -0.2) is 28.5 Å². The number of fused-ring (bicyclic) bond motifs is 1. The fourth-order valence-electron chi connectivity index (χ4n) is 3.16. The number of aromatic nitrogens is 2. The standard InChI is InChI=1S/C17H22N4O/c18-10-4-9-16(22)19-13-6-3-5-12(11-13)17-20-14-7-1-2-8-15(14)21-17/h1-2,4,7-9,12-13H,3,5-6,10-11,18H2,(H,19,22)(H,20,21)/b9-4+. The van der Waals surface area contributed by atoms with Crippen molar-refractivity contribution < 1.29 is 4.79 Å². The summed E-state index contributed by atoms with van der Waals surface area (Å²) >= 11 is 0. The molecule has 0 bridgehead atoms. The Morgan fingerprint density at radius 3 is 3.09 bits per heavy atom. The average molecular weight is 298 g/mol. The number of nitrogens with zero attached hydrogens (tertiary/aromatic N) is 1. The van der Waals surface area contributed by atoms with E-state index >= 15 is 0 Å². The van der Waals surface area contributed by atoms with Crippen molar-refractivity contribution in [3.8, 4) is 0 Å². The van der Waals surface area contributed by atoms with Crippen LogP contribution < -0.4 is 11.1 Å². The lowest BCUT2D eigenvalue weighted by molar-refractivity contribution is -0.117. The van der Waals surface area contributed by atoms with Gasteiger partial charge in [0, 0.05) is 24.6 Å². The lowest BCUT2D eigenvalue weighted by Crippen LogP contribution is -2.37. The highest BCUT2D eigenvalue weighted by Gasteiger charge is 2.26. The number of aromatic amines is 1. The maximum atomic E-state index is 11.8. The number of hydrogen-bond donors (Lipinski definition) is 3. The summed E-state index contributed by atoms with van der Waals surface area (Å²) in [5.41, 5.74) is 7.45. The molecule has 1 aromatic carbocycles. The van der Waals surface area contributed by atoms with Gasteiger partial charge in [-0.2, -0.15) is 0 Å². The van der Waals surface area contributed by atoms with Gasteiger partial charge in [0.1, 0.15) is 5.82 Å². The van der Waals surface area contributed by atoms with Crippen LogP contribution in [0.1, 0.15) is 37.4 Å². The number of hydrogen-bond acceptors (Lipinski definition) is 3. The Bertz CT molecular complexity index is 643. The normalized spacial score (nSPS) is 22.2. The summed E-state index contributed by atoms with van der Waals surface area (Å²) in [6.07, 6.45) is 7.37. The summed E-state index contributed by atoms with van der Waals surface area (Å²) in [5.74, 6) is 1.36. The molecular weight excluding hydrogens is 276 g/mol. The quantitative estimate of drug-likeness (QED) is 0.757. The van der Waals surface area contributed by atoms with Crippen molar-refractivity contribution in [2.45, 2.75) is 37.6 Å². The predicted molar refractivity (Wildman–Crippen MR) is 87.4 cm³/mol. The second-order valence-electron chi connectivity index (χ2n) is 5.85. The average Bonchev–Trinajstić information content (AvgIpc) is 2.97. The van der Waals surface area contributed by atoms with E-state index in [9.17, 15) is 4.79 Å². The molecule has 1 fully saturated rings. The zero-order chi connectivity index (χ0) is 15.4. The first-order chi connectivity index (χ1) is 10.8. The Balaban J connectivity index is 1.67. The Labute approximate surface area is 130 Å². The third kappa shape index (κ3) is 3.36. The van der Waals surface area contributed by atoms with E-state index in [1.54, 1.807) is 6.08 Å². The number of imidazole rings is 1. The summed E-state index contributed by atoms with van der Waals surface area (Å²) in [6, 6.07) is 8.29. The van der Waals surface area contributed by atoms with Gasteiger partial charge in [-0.3, -0.25) is 4.79 Å². The van der Waals surface area contributed by atoms with Crippen molar-refractivity contribution in [2.75, 3.05) is 6.54 Å². The maximum Gasteiger partial charge on any atom is 0.243 e. The molecule has 0 aliphatic heterocycles. The molecule has 1 amide bonds. The van der Waals surface area contributed by atoms with Gasteiger partial charge in [0.2, 0.25) is 5.91 Å². The van der Waals surface area contributed by atoms with Gasteiger partial charge in [0.25, 0.3) is 0 Å². The van der Waals surface area contributed by atoms with Crippen molar-refractivity contribution in [3.63, 3.8) is 0 Å². The summed E-state index contributed by atoms with van der Waals surface area (Å²) in [6.45, 7) is 0.389. The van der Waals surface area contributed by atoms with Crippen LogP contribution in [0, 0.1) is 0 Å². The molecule has 1 aromatic heterocycles. The molecule has 3 rings (SSSR count). The molecule has 116 valence electrons. The monoisotopic (exact) mass is 298 g/mol. The third-order valence-corrected chi connectivity index (χ3v) is 4.22. The highest BCUT2D eigenvalue weighted by atomic mass is 16.1. The van der Waals surface area contributed by atoms with E-state index in [-0.39, 0.29) is 11.9 Å². The van der Waals surface area contributed by atoms with Gasteiger partial charge in [-0.1, -0.05) is 24.6 Å². The molecule has 0 radical (unpaired) electrons. The van der Waals surface area contributed by atoms with Gasteiger partial charge >= 0.3 is 0 Å². The van der Waals surface area contributed by atoms with Gasteiger partial charge in [0.15, 0.2) is 0 Å². The number of benzene rings is 1. The summed E-state index contributed by atoms with van der Waals surface area (Å²) < 4.78 is 0. The second-order valence-corrected chi connectivity index (χ2v) is 5.85. The first-order valence-corrected chi connectivity index (χ1v) is 7.88. The predicted octanol–water partition coefficient (Wildman–Crippen LogP) is 2.22. The van der Waals surface area contributed by atoms with Crippen LogP contribution in [0.15, 0.2) is 36.4 Å². The molecule has 2 aromatic rings. The van der Waals surface area contributed by atoms with Crippen LogP contribution >= 0.6 is 0 Å². The van der Waals surface area contributed by atoms with E-state index in [0.717, 1.165) is 42.5 Å². The van der Waals surface area contributed by atoms with Crippen LogP contribution in [0.25, 0.3) is 11.0 Å². The molecular formula is C17H22N4O. The van der Waals surface area contributed by atoms with E-state index in [2.05, 4.69) is 10.3 Å². The Kier molecular flexibility index (Phi) is 4.53. The second kappa shape index (κ2) is 6.75. The van der Waals surface area contributed by atoms with E-state index in [1.807, 2.05) is 24.3 Å². The summed E-state index contributed by atoms with van der Waals surface area (Å²) in [5, 5.41) is 3.06. The highest BCUT2D eigenvalue weighted by Crippen LogP contribution is 2.32. The van der Waals surface area contributed by atoms with Crippen LogP contribution in [0.2, 0.25) is 0 Å². The highest BCUT2D eigenvalue weighted by molar-refractivity contribution is 5.87. The minimum atomic E-state index is -0.0549. The molecule has 2 atom stereocenters. The fourth-order valence-corrected chi connectivity index (χ4v) is 3.16. The lowest BCUT2D eigenvalue weighted by Gasteiger charge is -2.28. The first kappa shape index (κ1) is 14.8.